The van der Waals surface area contributed by atoms with E-state index in [-0.39, 0.29) is 6.42 Å². The van der Waals surface area contributed by atoms with Gasteiger partial charge in [0.1, 0.15) is 6.04 Å². The van der Waals surface area contributed by atoms with E-state index in [4.69, 9.17) is 9.84 Å². The third-order valence-electron chi connectivity index (χ3n) is 3.19. The van der Waals surface area contributed by atoms with Crippen LogP contribution in [0.1, 0.15) is 18.5 Å². The minimum atomic E-state index is -3.68. The molecule has 2 heterocycles. The summed E-state index contributed by atoms with van der Waals surface area (Å²) >= 11 is 0. The predicted octanol–water partition coefficient (Wildman–Crippen LogP) is -0.496. The smallest absolute Gasteiger partial charge is 0.322 e. The van der Waals surface area contributed by atoms with Gasteiger partial charge in [-0.25, -0.2) is 18.1 Å². The van der Waals surface area contributed by atoms with Crippen molar-refractivity contribution in [2.75, 3.05) is 13.2 Å². The minimum Gasteiger partial charge on any atom is -0.480 e. The van der Waals surface area contributed by atoms with Crippen molar-refractivity contribution >= 4 is 16.0 Å². The van der Waals surface area contributed by atoms with Crippen LogP contribution in [0.15, 0.2) is 12.5 Å². The first-order valence-corrected chi connectivity index (χ1v) is 7.82. The Morgan fingerprint density at radius 1 is 1.55 bits per heavy atom. The van der Waals surface area contributed by atoms with Crippen LogP contribution in [0.3, 0.4) is 0 Å². The van der Waals surface area contributed by atoms with Gasteiger partial charge in [-0.2, -0.15) is 0 Å². The highest BCUT2D eigenvalue weighted by atomic mass is 32.2. The molecule has 20 heavy (non-hydrogen) atoms. The topological polar surface area (TPSA) is 121 Å². The third-order valence-corrected chi connectivity index (χ3v) is 5.15. The summed E-state index contributed by atoms with van der Waals surface area (Å²) in [6.07, 6.45) is 3.68. The van der Waals surface area contributed by atoms with Gasteiger partial charge in [0.05, 0.1) is 11.6 Å². The molecule has 1 aliphatic heterocycles. The molecule has 1 aromatic heterocycles. The Kier molecular flexibility index (Phi) is 4.73. The SMILES string of the molecule is O=C(O)C(Cc1cnc[nH]1)NS(=O)(=O)C1CCOCC1. The number of carboxylic acids is 1. The van der Waals surface area contributed by atoms with Crippen LogP contribution in [0.2, 0.25) is 0 Å². The van der Waals surface area contributed by atoms with Crippen LogP contribution in [0.4, 0.5) is 0 Å². The first-order chi connectivity index (χ1) is 9.49. The van der Waals surface area contributed by atoms with Crippen molar-refractivity contribution in [3.8, 4) is 0 Å². The zero-order chi connectivity index (χ0) is 14.6. The molecule has 8 nitrogen and oxygen atoms in total. The summed E-state index contributed by atoms with van der Waals surface area (Å²) in [6.45, 7) is 0.758. The second kappa shape index (κ2) is 6.33. The first-order valence-electron chi connectivity index (χ1n) is 6.28. The summed E-state index contributed by atoms with van der Waals surface area (Å²) in [4.78, 5) is 17.7. The van der Waals surface area contributed by atoms with Gasteiger partial charge in [0.25, 0.3) is 0 Å². The zero-order valence-corrected chi connectivity index (χ0v) is 11.6. The largest absolute Gasteiger partial charge is 0.480 e. The monoisotopic (exact) mass is 303 g/mol. The molecule has 0 amide bonds. The van der Waals surface area contributed by atoms with Gasteiger partial charge >= 0.3 is 5.97 Å². The van der Waals surface area contributed by atoms with E-state index in [0.29, 0.717) is 31.7 Å². The summed E-state index contributed by atoms with van der Waals surface area (Å²) in [5.41, 5.74) is 0.562. The van der Waals surface area contributed by atoms with Crippen LogP contribution in [-0.2, 0) is 26.0 Å². The number of carbonyl (C=O) groups is 1. The number of aromatic amines is 1. The summed E-state index contributed by atoms with van der Waals surface area (Å²) in [5, 5.41) is 8.55. The molecule has 9 heteroatoms. The van der Waals surface area contributed by atoms with E-state index in [1.54, 1.807) is 0 Å². The first kappa shape index (κ1) is 14.9. The lowest BCUT2D eigenvalue weighted by atomic mass is 10.2. The van der Waals surface area contributed by atoms with Crippen LogP contribution in [0.5, 0.6) is 0 Å². The second-order valence-electron chi connectivity index (χ2n) is 4.65. The van der Waals surface area contributed by atoms with Crippen molar-refractivity contribution in [1.29, 1.82) is 0 Å². The quantitative estimate of drug-likeness (QED) is 0.651. The maximum atomic E-state index is 12.2. The van der Waals surface area contributed by atoms with Gasteiger partial charge in [-0.1, -0.05) is 0 Å². The van der Waals surface area contributed by atoms with Crippen LogP contribution in [-0.4, -0.2) is 54.0 Å². The molecular formula is C11H17N3O5S. The summed E-state index contributed by atoms with van der Waals surface area (Å²) in [6, 6.07) is -1.21. The Bertz CT molecular complexity index is 536. The van der Waals surface area contributed by atoms with Crippen molar-refractivity contribution < 1.29 is 23.1 Å². The Morgan fingerprint density at radius 2 is 2.25 bits per heavy atom. The molecule has 1 fully saturated rings. The van der Waals surface area contributed by atoms with Gasteiger partial charge in [0, 0.05) is 31.5 Å². The molecule has 0 spiro atoms. The van der Waals surface area contributed by atoms with Gasteiger partial charge in [0.2, 0.25) is 10.0 Å². The van der Waals surface area contributed by atoms with Crippen LogP contribution in [0.25, 0.3) is 0 Å². The molecule has 1 unspecified atom stereocenters. The number of nitrogens with one attached hydrogen (secondary N) is 2. The summed E-state index contributed by atoms with van der Waals surface area (Å²) in [7, 11) is -3.68. The highest BCUT2D eigenvalue weighted by molar-refractivity contribution is 7.90. The number of H-pyrrole nitrogens is 1. The number of hydrogen-bond acceptors (Lipinski definition) is 5. The standard InChI is InChI=1S/C11H17N3O5S/c15-11(16)10(5-8-6-12-7-13-8)14-20(17,18)9-1-3-19-4-2-9/h6-7,9-10,14H,1-5H2,(H,12,13)(H,15,16). The molecule has 0 aromatic carbocycles. The number of rotatable bonds is 6. The van der Waals surface area contributed by atoms with Crippen molar-refractivity contribution in [3.05, 3.63) is 18.2 Å². The molecule has 1 saturated heterocycles. The number of ether oxygens (including phenoxy) is 1. The van der Waals surface area contributed by atoms with Gasteiger partial charge < -0.3 is 14.8 Å². The van der Waals surface area contributed by atoms with E-state index in [9.17, 15) is 13.2 Å². The van der Waals surface area contributed by atoms with Crippen molar-refractivity contribution in [2.24, 2.45) is 0 Å². The zero-order valence-electron chi connectivity index (χ0n) is 10.8. The average molecular weight is 303 g/mol. The van der Waals surface area contributed by atoms with E-state index in [0.717, 1.165) is 0 Å². The number of imidazole rings is 1. The number of carboxylic acid groups (broad SMARTS) is 1. The normalized spacial score (nSPS) is 18.8. The molecule has 0 radical (unpaired) electrons. The van der Waals surface area contributed by atoms with Crippen molar-refractivity contribution in [3.63, 3.8) is 0 Å². The Hall–Kier alpha value is -1.45. The Balaban J connectivity index is 2.05. The van der Waals surface area contributed by atoms with Gasteiger partial charge in [0.15, 0.2) is 0 Å². The molecule has 3 N–H and O–H groups in total. The number of nitrogens with zero attached hydrogens (tertiary/aromatic N) is 1. The molecule has 0 saturated carbocycles. The number of aromatic nitrogens is 2. The fourth-order valence-corrected chi connectivity index (χ4v) is 3.66. The number of aliphatic carboxylic acids is 1. The van der Waals surface area contributed by atoms with Gasteiger partial charge in [-0.05, 0) is 12.8 Å². The summed E-state index contributed by atoms with van der Waals surface area (Å²) in [5.74, 6) is -1.21. The highest BCUT2D eigenvalue weighted by Gasteiger charge is 2.32. The fourth-order valence-electron chi connectivity index (χ4n) is 2.08. The van der Waals surface area contributed by atoms with Gasteiger partial charge in [-0.3, -0.25) is 4.79 Å². The molecule has 1 aliphatic rings. The summed E-state index contributed by atoms with van der Waals surface area (Å²) < 4.78 is 31.7. The molecule has 0 aliphatic carbocycles. The van der Waals surface area contributed by atoms with E-state index >= 15 is 0 Å². The lowest BCUT2D eigenvalue weighted by molar-refractivity contribution is -0.138. The third kappa shape index (κ3) is 3.78. The lowest BCUT2D eigenvalue weighted by Gasteiger charge is -2.24. The van der Waals surface area contributed by atoms with Crippen LogP contribution >= 0.6 is 0 Å². The second-order valence-corrected chi connectivity index (χ2v) is 6.64. The maximum Gasteiger partial charge on any atom is 0.322 e. The van der Waals surface area contributed by atoms with E-state index < -0.39 is 27.3 Å². The fraction of sp³-hybridized carbons (Fsp3) is 0.636. The highest BCUT2D eigenvalue weighted by Crippen LogP contribution is 2.15. The molecule has 2 rings (SSSR count). The molecule has 112 valence electrons. The van der Waals surface area contributed by atoms with Gasteiger partial charge in [-0.15, -0.1) is 0 Å². The number of hydrogen-bond donors (Lipinski definition) is 3. The molecule has 1 atom stereocenters. The van der Waals surface area contributed by atoms with E-state index in [2.05, 4.69) is 14.7 Å². The molecular weight excluding hydrogens is 286 g/mol. The Labute approximate surface area is 116 Å². The maximum absolute atomic E-state index is 12.2. The van der Waals surface area contributed by atoms with Crippen LogP contribution in [0, 0.1) is 0 Å². The van der Waals surface area contributed by atoms with E-state index in [1.807, 2.05) is 0 Å². The minimum absolute atomic E-state index is 0.0256. The number of sulfonamides is 1. The predicted molar refractivity (Wildman–Crippen MR) is 69.6 cm³/mol. The molecule has 0 bridgehead atoms. The van der Waals surface area contributed by atoms with E-state index in [1.165, 1.54) is 12.5 Å². The van der Waals surface area contributed by atoms with Crippen molar-refractivity contribution in [1.82, 2.24) is 14.7 Å². The van der Waals surface area contributed by atoms with Crippen LogP contribution < -0.4 is 4.72 Å². The average Bonchev–Trinajstić information content (AvgIpc) is 2.91. The van der Waals surface area contributed by atoms with Crippen molar-refractivity contribution in [2.45, 2.75) is 30.6 Å². The lowest BCUT2D eigenvalue weighted by Crippen LogP contribution is -2.47. The molecule has 1 aromatic rings. The Morgan fingerprint density at radius 3 is 2.80 bits per heavy atom.